The largest absolute Gasteiger partial charge is 0.291 e. The Morgan fingerprint density at radius 2 is 1.91 bits per heavy atom. The lowest BCUT2D eigenvalue weighted by Crippen LogP contribution is -2.26. The number of hydrogen-bond donors (Lipinski definition) is 0. The molecule has 4 nitrogen and oxygen atoms in total. The molecule has 0 bridgehead atoms. The van der Waals surface area contributed by atoms with E-state index in [9.17, 15) is 4.79 Å². The first-order valence-electron chi connectivity index (χ1n) is 7.50. The summed E-state index contributed by atoms with van der Waals surface area (Å²) < 4.78 is 1.73. The molecule has 22 heavy (non-hydrogen) atoms. The Morgan fingerprint density at radius 1 is 1.18 bits per heavy atom. The van der Waals surface area contributed by atoms with E-state index in [2.05, 4.69) is 23.0 Å². The quantitative estimate of drug-likeness (QED) is 0.743. The third-order valence-electron chi connectivity index (χ3n) is 4.03. The highest BCUT2D eigenvalue weighted by atomic mass is 16.1. The smallest absolute Gasteiger partial charge is 0.261 e. The van der Waals surface area contributed by atoms with Gasteiger partial charge in [0.25, 0.3) is 5.56 Å². The third-order valence-corrected chi connectivity index (χ3v) is 4.03. The maximum atomic E-state index is 12.9. The van der Waals surface area contributed by atoms with Gasteiger partial charge < -0.3 is 0 Å². The topological polar surface area (TPSA) is 47.8 Å². The summed E-state index contributed by atoms with van der Waals surface area (Å²) in [5.41, 5.74) is 4.00. The lowest BCUT2D eigenvalue weighted by Gasteiger charge is -2.19. The minimum absolute atomic E-state index is 0.0143. The van der Waals surface area contributed by atoms with Gasteiger partial charge in [-0.15, -0.1) is 0 Å². The van der Waals surface area contributed by atoms with Crippen LogP contribution in [-0.4, -0.2) is 14.5 Å². The average Bonchev–Trinajstić information content (AvgIpc) is 2.52. The molecule has 3 aromatic rings. The molecule has 0 aliphatic carbocycles. The molecule has 4 heteroatoms. The zero-order chi connectivity index (χ0) is 15.7. The number of hydrogen-bond acceptors (Lipinski definition) is 3. The molecule has 2 heterocycles. The molecule has 112 valence electrons. The van der Waals surface area contributed by atoms with Crippen molar-refractivity contribution in [3.63, 3.8) is 0 Å². The molecule has 0 saturated carbocycles. The van der Waals surface area contributed by atoms with Crippen molar-refractivity contribution in [3.05, 3.63) is 70.0 Å². The lowest BCUT2D eigenvalue weighted by molar-refractivity contribution is 0.544. The van der Waals surface area contributed by atoms with Crippen molar-refractivity contribution in [1.29, 1.82) is 0 Å². The Morgan fingerprint density at radius 3 is 2.59 bits per heavy atom. The molecule has 0 fully saturated rings. The molecule has 0 aliphatic rings. The van der Waals surface area contributed by atoms with E-state index >= 15 is 0 Å². The highest BCUT2D eigenvalue weighted by molar-refractivity contribution is 5.81. The van der Waals surface area contributed by atoms with Crippen LogP contribution in [0.4, 0.5) is 0 Å². The van der Waals surface area contributed by atoms with Gasteiger partial charge in [-0.1, -0.05) is 13.0 Å². The number of fused-ring (bicyclic) bond motifs is 1. The molecule has 0 aliphatic heterocycles. The van der Waals surface area contributed by atoms with Gasteiger partial charge in [0.1, 0.15) is 0 Å². The molecular weight excluding hydrogens is 274 g/mol. The maximum absolute atomic E-state index is 12.9. The fourth-order valence-electron chi connectivity index (χ4n) is 3.01. The predicted octanol–water partition coefficient (Wildman–Crippen LogP) is 3.41. The van der Waals surface area contributed by atoms with E-state index in [0.717, 1.165) is 28.6 Å². The lowest BCUT2D eigenvalue weighted by atomic mass is 10.0. The summed E-state index contributed by atoms with van der Waals surface area (Å²) in [5, 5.41) is 0.688. The monoisotopic (exact) mass is 293 g/mol. The number of aryl methyl sites for hydroxylation is 2. The van der Waals surface area contributed by atoms with E-state index in [0.29, 0.717) is 5.39 Å². The predicted molar refractivity (Wildman–Crippen MR) is 88.1 cm³/mol. The van der Waals surface area contributed by atoms with Crippen LogP contribution in [-0.2, 0) is 0 Å². The highest BCUT2D eigenvalue weighted by Gasteiger charge is 2.15. The Labute approximate surface area is 129 Å². The average molecular weight is 293 g/mol. The summed E-state index contributed by atoms with van der Waals surface area (Å²) in [6.07, 6.45) is 6.00. The SMILES string of the molecule is CCC(c1ccncc1)n1cnc2c(C)cc(C)cc2c1=O. The third kappa shape index (κ3) is 2.41. The first-order chi connectivity index (χ1) is 10.6. The van der Waals surface area contributed by atoms with Crippen molar-refractivity contribution in [2.45, 2.75) is 33.2 Å². The van der Waals surface area contributed by atoms with Crippen LogP contribution < -0.4 is 5.56 Å². The van der Waals surface area contributed by atoms with Crippen LogP contribution in [0.3, 0.4) is 0 Å². The van der Waals surface area contributed by atoms with Crippen LogP contribution in [0.15, 0.2) is 47.8 Å². The summed E-state index contributed by atoms with van der Waals surface area (Å²) >= 11 is 0. The number of pyridine rings is 1. The molecule has 0 radical (unpaired) electrons. The van der Waals surface area contributed by atoms with Crippen molar-refractivity contribution in [2.24, 2.45) is 0 Å². The number of rotatable bonds is 3. The van der Waals surface area contributed by atoms with Gasteiger partial charge >= 0.3 is 0 Å². The van der Waals surface area contributed by atoms with E-state index in [1.54, 1.807) is 23.3 Å². The molecule has 2 aromatic heterocycles. The van der Waals surface area contributed by atoms with E-state index in [1.807, 2.05) is 32.0 Å². The fraction of sp³-hybridized carbons (Fsp3) is 0.278. The number of benzene rings is 1. The van der Waals surface area contributed by atoms with Gasteiger partial charge in [0.2, 0.25) is 0 Å². The van der Waals surface area contributed by atoms with Gasteiger partial charge in [-0.25, -0.2) is 4.98 Å². The number of nitrogens with zero attached hydrogens (tertiary/aromatic N) is 3. The first-order valence-corrected chi connectivity index (χ1v) is 7.50. The Bertz CT molecular complexity index is 869. The Balaban J connectivity index is 2.23. The van der Waals surface area contributed by atoms with Gasteiger partial charge in [-0.3, -0.25) is 14.3 Å². The molecule has 0 spiro atoms. The second-order valence-electron chi connectivity index (χ2n) is 5.64. The molecule has 0 saturated heterocycles. The van der Waals surface area contributed by atoms with Crippen molar-refractivity contribution < 1.29 is 0 Å². The summed E-state index contributed by atoms with van der Waals surface area (Å²) in [7, 11) is 0. The molecule has 3 rings (SSSR count). The molecule has 1 aromatic carbocycles. The second-order valence-corrected chi connectivity index (χ2v) is 5.64. The normalized spacial score (nSPS) is 12.5. The molecule has 0 amide bonds. The summed E-state index contributed by atoms with van der Waals surface area (Å²) in [6.45, 7) is 6.07. The van der Waals surface area contributed by atoms with Crippen LogP contribution in [0.1, 0.15) is 36.1 Å². The minimum atomic E-state index is -0.0202. The van der Waals surface area contributed by atoms with Gasteiger partial charge in [-0.05, 0) is 55.2 Å². The van der Waals surface area contributed by atoms with Crippen LogP contribution in [0.5, 0.6) is 0 Å². The summed E-state index contributed by atoms with van der Waals surface area (Å²) in [5.74, 6) is 0. The molecule has 1 atom stereocenters. The van der Waals surface area contributed by atoms with Gasteiger partial charge in [0, 0.05) is 12.4 Å². The molecule has 0 N–H and O–H groups in total. The second kappa shape index (κ2) is 5.72. The van der Waals surface area contributed by atoms with E-state index in [-0.39, 0.29) is 11.6 Å². The van der Waals surface area contributed by atoms with Crippen molar-refractivity contribution in [1.82, 2.24) is 14.5 Å². The van der Waals surface area contributed by atoms with Crippen molar-refractivity contribution in [2.75, 3.05) is 0 Å². The van der Waals surface area contributed by atoms with Crippen LogP contribution in [0.25, 0.3) is 10.9 Å². The molecular formula is C18H19N3O. The highest BCUT2D eigenvalue weighted by Crippen LogP contribution is 2.21. The standard InChI is InChI=1S/C18H19N3O/c1-4-16(14-5-7-19-8-6-14)21-11-20-17-13(3)9-12(2)10-15(17)18(21)22/h5-11,16H,4H2,1-3H3. The Hall–Kier alpha value is -2.49. The van der Waals surface area contributed by atoms with Crippen LogP contribution >= 0.6 is 0 Å². The first kappa shape index (κ1) is 14.4. The Kier molecular flexibility index (Phi) is 3.75. The van der Waals surface area contributed by atoms with Crippen molar-refractivity contribution in [3.8, 4) is 0 Å². The zero-order valence-corrected chi connectivity index (χ0v) is 13.1. The minimum Gasteiger partial charge on any atom is -0.291 e. The number of aromatic nitrogens is 3. The van der Waals surface area contributed by atoms with E-state index < -0.39 is 0 Å². The van der Waals surface area contributed by atoms with E-state index in [4.69, 9.17) is 0 Å². The molecule has 1 unspecified atom stereocenters. The summed E-state index contributed by atoms with van der Waals surface area (Å²) in [4.78, 5) is 21.5. The zero-order valence-electron chi connectivity index (χ0n) is 13.1. The van der Waals surface area contributed by atoms with Crippen LogP contribution in [0, 0.1) is 13.8 Å². The fourth-order valence-corrected chi connectivity index (χ4v) is 3.01. The van der Waals surface area contributed by atoms with Crippen molar-refractivity contribution >= 4 is 10.9 Å². The van der Waals surface area contributed by atoms with E-state index in [1.165, 1.54) is 0 Å². The van der Waals surface area contributed by atoms with Gasteiger partial charge in [-0.2, -0.15) is 0 Å². The maximum Gasteiger partial charge on any atom is 0.261 e. The van der Waals surface area contributed by atoms with Crippen LogP contribution in [0.2, 0.25) is 0 Å². The summed E-state index contributed by atoms with van der Waals surface area (Å²) in [6, 6.07) is 7.86. The van der Waals surface area contributed by atoms with Gasteiger partial charge in [0.15, 0.2) is 0 Å². The van der Waals surface area contributed by atoms with Gasteiger partial charge in [0.05, 0.1) is 23.3 Å².